The molecule has 24 heavy (non-hydrogen) atoms. The van der Waals surface area contributed by atoms with Crippen LogP contribution in [0.2, 0.25) is 0 Å². The zero-order chi connectivity index (χ0) is 15.6. The van der Waals surface area contributed by atoms with Crippen molar-refractivity contribution in [2.75, 3.05) is 13.1 Å². The van der Waals surface area contributed by atoms with Crippen LogP contribution < -0.4 is 10.1 Å². The minimum atomic E-state index is 0. The van der Waals surface area contributed by atoms with Gasteiger partial charge in [-0.2, -0.15) is 0 Å². The molecule has 0 radical (unpaired) electrons. The van der Waals surface area contributed by atoms with Gasteiger partial charge in [0.05, 0.1) is 0 Å². The summed E-state index contributed by atoms with van der Waals surface area (Å²) in [5, 5.41) is 5.92. The summed E-state index contributed by atoms with van der Waals surface area (Å²) in [6, 6.07) is 23.4. The van der Waals surface area contributed by atoms with Crippen molar-refractivity contribution in [1.29, 1.82) is 0 Å². The van der Waals surface area contributed by atoms with Gasteiger partial charge in [-0.15, -0.1) is 12.4 Å². The lowest BCUT2D eigenvalue weighted by Gasteiger charge is -2.35. The standard InChI is InChI=1S/C21H21NO.ClH/c1-15-6-2-5-9-20(15)23-21(19-13-22-14-19)18-11-10-16-7-3-4-8-17(16)12-18;/h2-12,19,21-22H,13-14H2,1H3;1H. The Morgan fingerprint density at radius 1 is 0.917 bits per heavy atom. The van der Waals surface area contributed by atoms with Crippen molar-refractivity contribution in [2.45, 2.75) is 13.0 Å². The maximum atomic E-state index is 6.44. The number of benzene rings is 3. The Morgan fingerprint density at radius 2 is 1.62 bits per heavy atom. The van der Waals surface area contributed by atoms with E-state index in [1.54, 1.807) is 0 Å². The van der Waals surface area contributed by atoms with Crippen molar-refractivity contribution in [3.05, 3.63) is 77.9 Å². The van der Waals surface area contributed by atoms with Crippen molar-refractivity contribution in [2.24, 2.45) is 5.92 Å². The molecule has 124 valence electrons. The monoisotopic (exact) mass is 339 g/mol. The molecular formula is C21H22ClNO. The number of hydrogen-bond acceptors (Lipinski definition) is 2. The summed E-state index contributed by atoms with van der Waals surface area (Å²) in [5.74, 6) is 1.51. The summed E-state index contributed by atoms with van der Waals surface area (Å²) in [6.45, 7) is 4.14. The molecule has 3 aromatic carbocycles. The fourth-order valence-corrected chi connectivity index (χ4v) is 3.17. The third-order valence-electron chi connectivity index (χ3n) is 4.69. The SMILES string of the molecule is Cc1ccccc1OC(c1ccc2ccccc2c1)C1CNC1.Cl. The van der Waals surface area contributed by atoms with Crippen LogP contribution in [0, 0.1) is 12.8 Å². The van der Waals surface area contributed by atoms with E-state index in [4.69, 9.17) is 4.74 Å². The maximum absolute atomic E-state index is 6.44. The summed E-state index contributed by atoms with van der Waals surface area (Å²) in [4.78, 5) is 0. The lowest BCUT2D eigenvalue weighted by Crippen LogP contribution is -2.46. The van der Waals surface area contributed by atoms with Crippen molar-refractivity contribution < 1.29 is 4.74 Å². The average Bonchev–Trinajstić information content (AvgIpc) is 2.54. The average molecular weight is 340 g/mol. The molecule has 0 bridgehead atoms. The summed E-state index contributed by atoms with van der Waals surface area (Å²) >= 11 is 0. The molecule has 0 aliphatic carbocycles. The summed E-state index contributed by atoms with van der Waals surface area (Å²) in [6.07, 6.45) is 0.0990. The smallest absolute Gasteiger partial charge is 0.129 e. The molecule has 1 heterocycles. The molecule has 0 saturated carbocycles. The number of ether oxygens (including phenoxy) is 1. The van der Waals surface area contributed by atoms with Gasteiger partial charge in [-0.05, 0) is 41.0 Å². The number of aryl methyl sites for hydroxylation is 1. The minimum Gasteiger partial charge on any atom is -0.485 e. The second-order valence-corrected chi connectivity index (χ2v) is 6.33. The second-order valence-electron chi connectivity index (χ2n) is 6.33. The van der Waals surface area contributed by atoms with Crippen LogP contribution in [0.1, 0.15) is 17.2 Å². The largest absolute Gasteiger partial charge is 0.485 e. The molecule has 1 fully saturated rings. The lowest BCUT2D eigenvalue weighted by atomic mass is 9.89. The fourth-order valence-electron chi connectivity index (χ4n) is 3.17. The van der Waals surface area contributed by atoms with Crippen molar-refractivity contribution in [3.63, 3.8) is 0 Å². The predicted octanol–water partition coefficient (Wildman–Crippen LogP) is 4.91. The first-order valence-corrected chi connectivity index (χ1v) is 8.23. The van der Waals surface area contributed by atoms with Gasteiger partial charge in [-0.25, -0.2) is 0 Å². The van der Waals surface area contributed by atoms with E-state index in [0.29, 0.717) is 5.92 Å². The first kappa shape index (κ1) is 16.8. The molecule has 1 unspecified atom stereocenters. The van der Waals surface area contributed by atoms with E-state index >= 15 is 0 Å². The van der Waals surface area contributed by atoms with Gasteiger partial charge in [0, 0.05) is 19.0 Å². The van der Waals surface area contributed by atoms with Crippen LogP contribution in [0.15, 0.2) is 66.7 Å². The van der Waals surface area contributed by atoms with E-state index in [9.17, 15) is 0 Å². The number of halogens is 1. The fraction of sp³-hybridized carbons (Fsp3) is 0.238. The van der Waals surface area contributed by atoms with E-state index in [-0.39, 0.29) is 18.5 Å². The highest BCUT2D eigenvalue weighted by Gasteiger charge is 2.30. The van der Waals surface area contributed by atoms with Crippen LogP contribution in [0.4, 0.5) is 0 Å². The highest BCUT2D eigenvalue weighted by Crippen LogP contribution is 2.33. The van der Waals surface area contributed by atoms with Crippen LogP contribution in [0.5, 0.6) is 5.75 Å². The van der Waals surface area contributed by atoms with Crippen molar-refractivity contribution in [3.8, 4) is 5.75 Å². The molecule has 0 spiro atoms. The second kappa shape index (κ2) is 7.25. The molecule has 1 saturated heterocycles. The Labute approximate surface area is 149 Å². The third-order valence-corrected chi connectivity index (χ3v) is 4.69. The maximum Gasteiger partial charge on any atom is 0.129 e. The molecule has 4 rings (SSSR count). The van der Waals surface area contributed by atoms with Crippen LogP contribution >= 0.6 is 12.4 Å². The Balaban J connectivity index is 0.00000169. The zero-order valence-electron chi connectivity index (χ0n) is 13.7. The van der Waals surface area contributed by atoms with Gasteiger partial charge >= 0.3 is 0 Å². The lowest BCUT2D eigenvalue weighted by molar-refractivity contribution is 0.0987. The molecule has 1 aliphatic rings. The van der Waals surface area contributed by atoms with Gasteiger partial charge < -0.3 is 10.1 Å². The molecule has 1 atom stereocenters. The molecule has 0 aromatic heterocycles. The van der Waals surface area contributed by atoms with E-state index in [1.165, 1.54) is 21.9 Å². The summed E-state index contributed by atoms with van der Waals surface area (Å²) < 4.78 is 6.44. The van der Waals surface area contributed by atoms with E-state index in [0.717, 1.165) is 18.8 Å². The Bertz CT molecular complexity index is 829. The number of nitrogens with one attached hydrogen (secondary N) is 1. The molecule has 2 nitrogen and oxygen atoms in total. The van der Waals surface area contributed by atoms with Gasteiger partial charge in [0.25, 0.3) is 0 Å². The summed E-state index contributed by atoms with van der Waals surface area (Å²) in [7, 11) is 0. The van der Waals surface area contributed by atoms with Gasteiger partial charge in [0.2, 0.25) is 0 Å². The number of hydrogen-bond donors (Lipinski definition) is 1. The summed E-state index contributed by atoms with van der Waals surface area (Å²) in [5.41, 5.74) is 2.45. The van der Waals surface area contributed by atoms with Crippen LogP contribution in [-0.4, -0.2) is 13.1 Å². The predicted molar refractivity (Wildman–Crippen MR) is 102 cm³/mol. The third kappa shape index (κ3) is 3.26. The highest BCUT2D eigenvalue weighted by molar-refractivity contribution is 5.85. The molecule has 0 amide bonds. The topological polar surface area (TPSA) is 21.3 Å². The van der Waals surface area contributed by atoms with Gasteiger partial charge in [-0.1, -0.05) is 54.6 Å². The van der Waals surface area contributed by atoms with E-state index in [1.807, 2.05) is 6.07 Å². The molecule has 1 N–H and O–H groups in total. The number of rotatable bonds is 4. The minimum absolute atomic E-state index is 0. The Kier molecular flexibility index (Phi) is 5.08. The first-order chi connectivity index (χ1) is 11.3. The number of para-hydroxylation sites is 1. The highest BCUT2D eigenvalue weighted by atomic mass is 35.5. The quantitative estimate of drug-likeness (QED) is 0.729. The van der Waals surface area contributed by atoms with E-state index in [2.05, 4.69) is 72.9 Å². The van der Waals surface area contributed by atoms with E-state index < -0.39 is 0 Å². The van der Waals surface area contributed by atoms with Gasteiger partial charge in [-0.3, -0.25) is 0 Å². The molecule has 3 heteroatoms. The Morgan fingerprint density at radius 3 is 2.33 bits per heavy atom. The molecular weight excluding hydrogens is 318 g/mol. The zero-order valence-corrected chi connectivity index (χ0v) is 14.6. The van der Waals surface area contributed by atoms with Gasteiger partial charge in [0.1, 0.15) is 11.9 Å². The van der Waals surface area contributed by atoms with Crippen molar-refractivity contribution in [1.82, 2.24) is 5.32 Å². The van der Waals surface area contributed by atoms with Crippen LogP contribution in [-0.2, 0) is 0 Å². The van der Waals surface area contributed by atoms with Crippen LogP contribution in [0.25, 0.3) is 10.8 Å². The Hall–Kier alpha value is -2.03. The molecule has 1 aliphatic heterocycles. The molecule has 3 aromatic rings. The number of fused-ring (bicyclic) bond motifs is 1. The van der Waals surface area contributed by atoms with Crippen LogP contribution in [0.3, 0.4) is 0 Å². The van der Waals surface area contributed by atoms with Gasteiger partial charge in [0.15, 0.2) is 0 Å². The normalized spacial score (nSPS) is 15.4. The van der Waals surface area contributed by atoms with Crippen molar-refractivity contribution >= 4 is 23.2 Å². The first-order valence-electron chi connectivity index (χ1n) is 8.23.